The molecular weight excluding hydrogens is 200 g/mol. The van der Waals surface area contributed by atoms with E-state index in [-0.39, 0.29) is 5.41 Å². The van der Waals surface area contributed by atoms with E-state index in [0.717, 1.165) is 38.8 Å². The van der Waals surface area contributed by atoms with E-state index in [0.29, 0.717) is 12.5 Å². The van der Waals surface area contributed by atoms with Crippen molar-refractivity contribution in [3.05, 3.63) is 0 Å². The smallest absolute Gasteiger partial charge is 0.222 e. The van der Waals surface area contributed by atoms with Gasteiger partial charge in [0.05, 0.1) is 0 Å². The van der Waals surface area contributed by atoms with Crippen LogP contribution in [0.25, 0.3) is 0 Å². The Balaban J connectivity index is 2.40. The average molecular weight is 226 g/mol. The Bertz CT molecular complexity index is 226. The fraction of sp³-hybridized carbons (Fsp3) is 0.923. The molecule has 0 aromatic rings. The number of amides is 1. The molecule has 1 saturated heterocycles. The van der Waals surface area contributed by atoms with Crippen LogP contribution in [0, 0.1) is 5.41 Å². The van der Waals surface area contributed by atoms with Crippen molar-refractivity contribution in [2.24, 2.45) is 11.1 Å². The van der Waals surface area contributed by atoms with Crippen LogP contribution in [-0.2, 0) is 4.79 Å². The molecule has 0 bridgehead atoms. The van der Waals surface area contributed by atoms with Gasteiger partial charge in [0.15, 0.2) is 0 Å². The van der Waals surface area contributed by atoms with Crippen molar-refractivity contribution in [2.75, 3.05) is 19.6 Å². The van der Waals surface area contributed by atoms with Crippen LogP contribution < -0.4 is 5.73 Å². The van der Waals surface area contributed by atoms with Crippen molar-refractivity contribution in [3.8, 4) is 0 Å². The highest BCUT2D eigenvalue weighted by Gasteiger charge is 2.20. The molecule has 0 aromatic carbocycles. The van der Waals surface area contributed by atoms with Gasteiger partial charge in [0.25, 0.3) is 0 Å². The lowest BCUT2D eigenvalue weighted by Gasteiger charge is -2.29. The Kier molecular flexibility index (Phi) is 5.26. The number of nitrogens with two attached hydrogens (primary N) is 1. The van der Waals surface area contributed by atoms with E-state index in [1.165, 1.54) is 12.8 Å². The first kappa shape index (κ1) is 13.5. The van der Waals surface area contributed by atoms with Crippen molar-refractivity contribution < 1.29 is 4.79 Å². The molecule has 0 unspecified atom stereocenters. The number of rotatable bonds is 4. The summed E-state index contributed by atoms with van der Waals surface area (Å²) < 4.78 is 0. The summed E-state index contributed by atoms with van der Waals surface area (Å²) in [4.78, 5) is 13.9. The molecule has 0 radical (unpaired) electrons. The molecule has 0 saturated carbocycles. The average Bonchev–Trinajstić information content (AvgIpc) is 2.23. The normalized spacial score (nSPS) is 19.4. The fourth-order valence-electron chi connectivity index (χ4n) is 1.99. The van der Waals surface area contributed by atoms with E-state index in [4.69, 9.17) is 5.73 Å². The van der Waals surface area contributed by atoms with Gasteiger partial charge < -0.3 is 10.6 Å². The molecule has 3 nitrogen and oxygen atoms in total. The summed E-state index contributed by atoms with van der Waals surface area (Å²) in [6, 6.07) is 0. The van der Waals surface area contributed by atoms with E-state index < -0.39 is 0 Å². The minimum absolute atomic E-state index is 0.155. The van der Waals surface area contributed by atoms with Gasteiger partial charge in [-0.25, -0.2) is 0 Å². The second-order valence-corrected chi connectivity index (χ2v) is 5.66. The predicted molar refractivity (Wildman–Crippen MR) is 67.1 cm³/mol. The lowest BCUT2D eigenvalue weighted by atomic mass is 9.89. The molecule has 16 heavy (non-hydrogen) atoms. The zero-order chi connectivity index (χ0) is 12.0. The number of likely N-dealkylation sites (tertiary alicyclic amines) is 1. The van der Waals surface area contributed by atoms with Crippen molar-refractivity contribution in [2.45, 2.75) is 52.4 Å². The topological polar surface area (TPSA) is 46.3 Å². The Labute approximate surface area is 99.4 Å². The van der Waals surface area contributed by atoms with Crippen LogP contribution >= 0.6 is 0 Å². The summed E-state index contributed by atoms with van der Waals surface area (Å²) in [7, 11) is 0. The Morgan fingerprint density at radius 2 is 1.94 bits per heavy atom. The standard InChI is InChI=1S/C13H26N2O/c1-13(2,11-14)8-10-15-9-6-4-3-5-7-12(15)16/h3-11,14H2,1-2H3. The van der Waals surface area contributed by atoms with Gasteiger partial charge in [-0.2, -0.15) is 0 Å². The molecule has 1 amide bonds. The molecule has 3 heteroatoms. The minimum Gasteiger partial charge on any atom is -0.343 e. The van der Waals surface area contributed by atoms with Gasteiger partial charge in [-0.05, 0) is 31.2 Å². The molecule has 0 aliphatic carbocycles. The van der Waals surface area contributed by atoms with Crippen molar-refractivity contribution in [3.63, 3.8) is 0 Å². The van der Waals surface area contributed by atoms with Crippen LogP contribution in [0.3, 0.4) is 0 Å². The maximum absolute atomic E-state index is 11.9. The first-order valence-corrected chi connectivity index (χ1v) is 6.53. The maximum Gasteiger partial charge on any atom is 0.222 e. The van der Waals surface area contributed by atoms with Crippen LogP contribution in [-0.4, -0.2) is 30.4 Å². The first-order chi connectivity index (χ1) is 7.55. The number of carbonyl (C=O) groups excluding carboxylic acids is 1. The van der Waals surface area contributed by atoms with Crippen LogP contribution in [0.1, 0.15) is 52.4 Å². The third-order valence-corrected chi connectivity index (χ3v) is 3.53. The van der Waals surface area contributed by atoms with Crippen LogP contribution in [0.2, 0.25) is 0 Å². The third kappa shape index (κ3) is 4.52. The highest BCUT2D eigenvalue weighted by atomic mass is 16.2. The lowest BCUT2D eigenvalue weighted by molar-refractivity contribution is -0.132. The van der Waals surface area contributed by atoms with Gasteiger partial charge in [-0.15, -0.1) is 0 Å². The first-order valence-electron chi connectivity index (χ1n) is 6.53. The summed E-state index contributed by atoms with van der Waals surface area (Å²) in [5, 5.41) is 0. The maximum atomic E-state index is 11.9. The molecule has 0 aromatic heterocycles. The predicted octanol–water partition coefficient (Wildman–Crippen LogP) is 2.15. The number of nitrogens with zero attached hydrogens (tertiary/aromatic N) is 1. The van der Waals surface area contributed by atoms with E-state index >= 15 is 0 Å². The van der Waals surface area contributed by atoms with Crippen LogP contribution in [0.15, 0.2) is 0 Å². The molecule has 0 spiro atoms. The molecule has 1 aliphatic heterocycles. The Morgan fingerprint density at radius 1 is 1.25 bits per heavy atom. The molecule has 1 fully saturated rings. The molecule has 94 valence electrons. The Hall–Kier alpha value is -0.570. The molecular formula is C13H26N2O. The second-order valence-electron chi connectivity index (χ2n) is 5.66. The van der Waals surface area contributed by atoms with Gasteiger partial charge >= 0.3 is 0 Å². The highest BCUT2D eigenvalue weighted by molar-refractivity contribution is 5.76. The highest BCUT2D eigenvalue weighted by Crippen LogP contribution is 2.20. The van der Waals surface area contributed by atoms with E-state index in [1.54, 1.807) is 0 Å². The largest absolute Gasteiger partial charge is 0.343 e. The van der Waals surface area contributed by atoms with Gasteiger partial charge in [-0.1, -0.05) is 26.7 Å². The number of carbonyl (C=O) groups is 1. The van der Waals surface area contributed by atoms with Gasteiger partial charge in [0.1, 0.15) is 0 Å². The summed E-state index contributed by atoms with van der Waals surface area (Å²) in [6.45, 7) is 6.85. The van der Waals surface area contributed by atoms with Crippen molar-refractivity contribution >= 4 is 5.91 Å². The van der Waals surface area contributed by atoms with Crippen LogP contribution in [0.4, 0.5) is 0 Å². The molecule has 1 rings (SSSR count). The SMILES string of the molecule is CC(C)(CN)CCN1CCCCCCC1=O. The zero-order valence-corrected chi connectivity index (χ0v) is 10.8. The molecule has 2 N–H and O–H groups in total. The summed E-state index contributed by atoms with van der Waals surface area (Å²) in [5.41, 5.74) is 5.86. The zero-order valence-electron chi connectivity index (χ0n) is 10.8. The molecule has 0 atom stereocenters. The number of hydrogen-bond donors (Lipinski definition) is 1. The lowest BCUT2D eigenvalue weighted by Crippen LogP contribution is -2.37. The van der Waals surface area contributed by atoms with Crippen LogP contribution in [0.5, 0.6) is 0 Å². The van der Waals surface area contributed by atoms with Gasteiger partial charge in [-0.3, -0.25) is 4.79 Å². The molecule has 1 heterocycles. The second kappa shape index (κ2) is 6.24. The summed E-state index contributed by atoms with van der Waals surface area (Å²) in [5.74, 6) is 0.340. The Morgan fingerprint density at radius 3 is 2.62 bits per heavy atom. The van der Waals surface area contributed by atoms with Gasteiger partial charge in [0.2, 0.25) is 5.91 Å². The van der Waals surface area contributed by atoms with Crippen molar-refractivity contribution in [1.82, 2.24) is 4.90 Å². The quantitative estimate of drug-likeness (QED) is 0.798. The van der Waals surface area contributed by atoms with E-state index in [1.807, 2.05) is 4.90 Å². The van der Waals surface area contributed by atoms with Gasteiger partial charge in [0, 0.05) is 19.5 Å². The van der Waals surface area contributed by atoms with E-state index in [9.17, 15) is 4.79 Å². The monoisotopic (exact) mass is 226 g/mol. The number of hydrogen-bond acceptors (Lipinski definition) is 2. The summed E-state index contributed by atoms with van der Waals surface area (Å²) in [6.07, 6.45) is 6.46. The fourth-order valence-corrected chi connectivity index (χ4v) is 1.99. The minimum atomic E-state index is 0.155. The molecule has 1 aliphatic rings. The third-order valence-electron chi connectivity index (χ3n) is 3.53. The summed E-state index contributed by atoms with van der Waals surface area (Å²) >= 11 is 0. The van der Waals surface area contributed by atoms with E-state index in [2.05, 4.69) is 13.8 Å². The van der Waals surface area contributed by atoms with Crippen molar-refractivity contribution in [1.29, 1.82) is 0 Å².